The minimum atomic E-state index is 0.154. The van der Waals surface area contributed by atoms with E-state index in [-0.39, 0.29) is 6.04 Å². The molecule has 6 nitrogen and oxygen atoms in total. The van der Waals surface area contributed by atoms with Crippen LogP contribution in [0.15, 0.2) is 28.8 Å². The number of rotatable bonds is 4. The van der Waals surface area contributed by atoms with Crippen LogP contribution in [0.2, 0.25) is 0 Å². The Morgan fingerprint density at radius 2 is 2.00 bits per heavy atom. The molecule has 0 radical (unpaired) electrons. The SMILES string of the molecule is Cc1noc([C@H](C)N2CCCN(Cc3ccc(C#N)cc3)CC2)n1. The van der Waals surface area contributed by atoms with Crippen molar-refractivity contribution in [3.63, 3.8) is 0 Å². The van der Waals surface area contributed by atoms with E-state index >= 15 is 0 Å². The van der Waals surface area contributed by atoms with Gasteiger partial charge in [-0.1, -0.05) is 17.3 Å². The van der Waals surface area contributed by atoms with E-state index in [1.54, 1.807) is 0 Å². The molecule has 2 heterocycles. The first-order chi connectivity index (χ1) is 11.7. The Balaban J connectivity index is 1.57. The van der Waals surface area contributed by atoms with Crippen molar-refractivity contribution >= 4 is 0 Å². The summed E-state index contributed by atoms with van der Waals surface area (Å²) in [6, 6.07) is 10.2. The zero-order valence-corrected chi connectivity index (χ0v) is 14.3. The standard InChI is InChI=1S/C18H23N5O/c1-14(18-20-15(2)21-24-18)23-9-3-8-22(10-11-23)13-17-6-4-16(12-19)5-7-17/h4-7,14H,3,8-11,13H2,1-2H3/t14-/m0/s1. The molecule has 3 rings (SSSR count). The van der Waals surface area contributed by atoms with Crippen molar-refractivity contribution in [2.45, 2.75) is 32.9 Å². The molecule has 0 aliphatic carbocycles. The maximum absolute atomic E-state index is 8.88. The highest BCUT2D eigenvalue weighted by Crippen LogP contribution is 2.20. The summed E-state index contributed by atoms with van der Waals surface area (Å²) in [6.45, 7) is 9.01. The smallest absolute Gasteiger partial charge is 0.243 e. The summed E-state index contributed by atoms with van der Waals surface area (Å²) in [5, 5.41) is 12.8. The lowest BCUT2D eigenvalue weighted by atomic mass is 10.1. The molecule has 2 aromatic rings. The average Bonchev–Trinajstić information content (AvgIpc) is 2.90. The van der Waals surface area contributed by atoms with Crippen LogP contribution < -0.4 is 0 Å². The molecule has 1 saturated heterocycles. The van der Waals surface area contributed by atoms with Gasteiger partial charge in [0, 0.05) is 26.2 Å². The Kier molecular flexibility index (Phi) is 5.24. The second-order valence-corrected chi connectivity index (χ2v) is 6.33. The monoisotopic (exact) mass is 325 g/mol. The van der Waals surface area contributed by atoms with Gasteiger partial charge in [0.25, 0.3) is 0 Å². The minimum Gasteiger partial charge on any atom is -0.338 e. The van der Waals surface area contributed by atoms with Crippen molar-refractivity contribution < 1.29 is 4.52 Å². The van der Waals surface area contributed by atoms with Crippen LogP contribution in [0.4, 0.5) is 0 Å². The predicted molar refractivity (Wildman–Crippen MR) is 90.1 cm³/mol. The Hall–Kier alpha value is -2.23. The van der Waals surface area contributed by atoms with Crippen LogP contribution in [0.3, 0.4) is 0 Å². The largest absolute Gasteiger partial charge is 0.338 e. The van der Waals surface area contributed by atoms with E-state index in [1.165, 1.54) is 5.56 Å². The van der Waals surface area contributed by atoms with Gasteiger partial charge in [-0.3, -0.25) is 9.80 Å². The second-order valence-electron chi connectivity index (χ2n) is 6.33. The third-order valence-corrected chi connectivity index (χ3v) is 4.56. The highest BCUT2D eigenvalue weighted by Gasteiger charge is 2.23. The lowest BCUT2D eigenvalue weighted by Gasteiger charge is -2.25. The molecule has 0 bridgehead atoms. The number of aromatic nitrogens is 2. The first-order valence-electron chi connectivity index (χ1n) is 8.41. The van der Waals surface area contributed by atoms with Gasteiger partial charge >= 0.3 is 0 Å². The number of nitriles is 1. The third kappa shape index (κ3) is 3.99. The first-order valence-corrected chi connectivity index (χ1v) is 8.41. The minimum absolute atomic E-state index is 0.154. The molecule has 1 aliphatic rings. The van der Waals surface area contributed by atoms with Crippen LogP contribution in [-0.4, -0.2) is 46.1 Å². The van der Waals surface area contributed by atoms with Gasteiger partial charge in [-0.25, -0.2) is 0 Å². The normalized spacial score (nSPS) is 18.0. The average molecular weight is 325 g/mol. The van der Waals surface area contributed by atoms with Crippen LogP contribution in [0.25, 0.3) is 0 Å². The highest BCUT2D eigenvalue weighted by atomic mass is 16.5. The van der Waals surface area contributed by atoms with Crippen molar-refractivity contribution in [1.29, 1.82) is 5.26 Å². The zero-order chi connectivity index (χ0) is 16.9. The summed E-state index contributed by atoms with van der Waals surface area (Å²) in [5.74, 6) is 1.39. The second kappa shape index (κ2) is 7.56. The molecular formula is C18H23N5O. The maximum atomic E-state index is 8.88. The predicted octanol–water partition coefficient (Wildman–Crippen LogP) is 2.52. The molecule has 0 amide bonds. The molecule has 0 spiro atoms. The molecule has 1 aliphatic heterocycles. The van der Waals surface area contributed by atoms with Gasteiger partial charge in [0.05, 0.1) is 17.7 Å². The summed E-state index contributed by atoms with van der Waals surface area (Å²) in [5.41, 5.74) is 1.97. The fourth-order valence-corrected chi connectivity index (χ4v) is 3.12. The van der Waals surface area contributed by atoms with Gasteiger partial charge in [0.1, 0.15) is 0 Å². The Labute approximate surface area is 142 Å². The number of hydrogen-bond donors (Lipinski definition) is 0. The Morgan fingerprint density at radius 3 is 2.67 bits per heavy atom. The summed E-state index contributed by atoms with van der Waals surface area (Å²) >= 11 is 0. The van der Waals surface area contributed by atoms with Gasteiger partial charge in [-0.2, -0.15) is 10.2 Å². The number of nitrogens with zero attached hydrogens (tertiary/aromatic N) is 5. The lowest BCUT2D eigenvalue weighted by molar-refractivity contribution is 0.174. The summed E-state index contributed by atoms with van der Waals surface area (Å²) in [6.07, 6.45) is 1.12. The topological polar surface area (TPSA) is 69.2 Å². The Morgan fingerprint density at radius 1 is 1.21 bits per heavy atom. The van der Waals surface area contributed by atoms with Gasteiger partial charge < -0.3 is 4.52 Å². The molecule has 1 aromatic carbocycles. The van der Waals surface area contributed by atoms with E-state index < -0.39 is 0 Å². The molecule has 1 atom stereocenters. The fraction of sp³-hybridized carbons (Fsp3) is 0.500. The molecular weight excluding hydrogens is 302 g/mol. The molecule has 24 heavy (non-hydrogen) atoms. The van der Waals surface area contributed by atoms with E-state index in [0.717, 1.165) is 39.1 Å². The van der Waals surface area contributed by atoms with Gasteiger partial charge in [0.2, 0.25) is 5.89 Å². The van der Waals surface area contributed by atoms with Gasteiger partial charge in [0.15, 0.2) is 5.82 Å². The summed E-state index contributed by atoms with van der Waals surface area (Å²) < 4.78 is 5.32. The molecule has 0 unspecified atom stereocenters. The van der Waals surface area contributed by atoms with Crippen LogP contribution in [0, 0.1) is 18.3 Å². The quantitative estimate of drug-likeness (QED) is 0.860. The van der Waals surface area contributed by atoms with E-state index in [9.17, 15) is 0 Å². The fourth-order valence-electron chi connectivity index (χ4n) is 3.12. The van der Waals surface area contributed by atoms with E-state index in [1.807, 2.05) is 31.2 Å². The van der Waals surface area contributed by atoms with Crippen LogP contribution in [-0.2, 0) is 6.54 Å². The molecule has 0 saturated carbocycles. The molecule has 6 heteroatoms. The van der Waals surface area contributed by atoms with Crippen molar-refractivity contribution in [3.8, 4) is 6.07 Å². The molecule has 0 N–H and O–H groups in total. The maximum Gasteiger partial charge on any atom is 0.243 e. The van der Waals surface area contributed by atoms with Crippen LogP contribution in [0.1, 0.15) is 42.2 Å². The summed E-state index contributed by atoms with van der Waals surface area (Å²) in [7, 11) is 0. The van der Waals surface area contributed by atoms with E-state index in [4.69, 9.17) is 9.78 Å². The summed E-state index contributed by atoms with van der Waals surface area (Å²) in [4.78, 5) is 9.23. The molecule has 1 fully saturated rings. The number of benzene rings is 1. The molecule has 126 valence electrons. The number of hydrogen-bond acceptors (Lipinski definition) is 6. The van der Waals surface area contributed by atoms with Gasteiger partial charge in [-0.05, 0) is 44.5 Å². The Bertz CT molecular complexity index is 703. The number of aryl methyl sites for hydroxylation is 1. The van der Waals surface area contributed by atoms with Crippen molar-refractivity contribution in [2.24, 2.45) is 0 Å². The van der Waals surface area contributed by atoms with Crippen LogP contribution in [0.5, 0.6) is 0 Å². The van der Waals surface area contributed by atoms with E-state index in [2.05, 4.69) is 32.9 Å². The van der Waals surface area contributed by atoms with Crippen LogP contribution >= 0.6 is 0 Å². The highest BCUT2D eigenvalue weighted by molar-refractivity contribution is 5.31. The first kappa shape index (κ1) is 16.6. The van der Waals surface area contributed by atoms with Crippen molar-refractivity contribution in [3.05, 3.63) is 47.1 Å². The van der Waals surface area contributed by atoms with Crippen molar-refractivity contribution in [1.82, 2.24) is 19.9 Å². The molecule has 1 aromatic heterocycles. The van der Waals surface area contributed by atoms with Gasteiger partial charge in [-0.15, -0.1) is 0 Å². The van der Waals surface area contributed by atoms with Crippen molar-refractivity contribution in [2.75, 3.05) is 26.2 Å². The third-order valence-electron chi connectivity index (χ3n) is 4.56. The zero-order valence-electron chi connectivity index (χ0n) is 14.3. The lowest BCUT2D eigenvalue weighted by Crippen LogP contribution is -2.32. The van der Waals surface area contributed by atoms with E-state index in [0.29, 0.717) is 17.3 Å².